The van der Waals surface area contributed by atoms with E-state index < -0.39 is 6.10 Å². The zero-order valence-corrected chi connectivity index (χ0v) is 13.9. The van der Waals surface area contributed by atoms with Crippen LogP contribution in [0.25, 0.3) is 0 Å². The molecule has 112 valence electrons. The number of hydrogen-bond donors (Lipinski definition) is 1. The van der Waals surface area contributed by atoms with Crippen LogP contribution in [0.1, 0.15) is 24.8 Å². The molecule has 0 radical (unpaired) electrons. The SMILES string of the molecule is C[C@H](NC(=O)[C@@H](C)Oc1ccc(Cl)cc1Cl)c1cccs1. The second-order valence-corrected chi connectivity index (χ2v) is 6.40. The van der Waals surface area contributed by atoms with Gasteiger partial charge >= 0.3 is 0 Å². The maximum Gasteiger partial charge on any atom is 0.261 e. The molecule has 1 aromatic carbocycles. The first-order valence-electron chi connectivity index (χ1n) is 6.43. The van der Waals surface area contributed by atoms with Crippen LogP contribution in [0.5, 0.6) is 5.75 Å². The molecule has 0 saturated carbocycles. The molecule has 0 bridgehead atoms. The number of hydrogen-bond acceptors (Lipinski definition) is 3. The number of carbonyl (C=O) groups is 1. The van der Waals surface area contributed by atoms with Gasteiger partial charge in [-0.25, -0.2) is 0 Å². The van der Waals surface area contributed by atoms with Crippen LogP contribution >= 0.6 is 34.5 Å². The number of thiophene rings is 1. The zero-order valence-electron chi connectivity index (χ0n) is 11.6. The molecular formula is C15H15Cl2NO2S. The average Bonchev–Trinajstić information content (AvgIpc) is 2.95. The van der Waals surface area contributed by atoms with Gasteiger partial charge in [-0.05, 0) is 43.5 Å². The highest BCUT2D eigenvalue weighted by atomic mass is 35.5. The molecule has 0 fully saturated rings. The van der Waals surface area contributed by atoms with Crippen molar-refractivity contribution in [2.75, 3.05) is 0 Å². The Bertz CT molecular complexity index is 616. The molecule has 0 unspecified atom stereocenters. The highest BCUT2D eigenvalue weighted by molar-refractivity contribution is 7.10. The third-order valence-electron chi connectivity index (χ3n) is 2.90. The van der Waals surface area contributed by atoms with E-state index in [1.807, 2.05) is 24.4 Å². The molecule has 2 aromatic rings. The number of carbonyl (C=O) groups excluding carboxylic acids is 1. The summed E-state index contributed by atoms with van der Waals surface area (Å²) in [7, 11) is 0. The van der Waals surface area contributed by atoms with Crippen LogP contribution < -0.4 is 10.1 Å². The second kappa shape index (κ2) is 7.16. The quantitative estimate of drug-likeness (QED) is 0.854. The van der Waals surface area contributed by atoms with E-state index in [4.69, 9.17) is 27.9 Å². The summed E-state index contributed by atoms with van der Waals surface area (Å²) >= 11 is 13.5. The summed E-state index contributed by atoms with van der Waals surface area (Å²) in [4.78, 5) is 13.2. The molecule has 2 atom stereocenters. The topological polar surface area (TPSA) is 38.3 Å². The Balaban J connectivity index is 1.96. The minimum Gasteiger partial charge on any atom is -0.479 e. The Hall–Kier alpha value is -1.23. The van der Waals surface area contributed by atoms with Crippen molar-refractivity contribution in [1.29, 1.82) is 0 Å². The van der Waals surface area contributed by atoms with Crippen molar-refractivity contribution in [3.8, 4) is 5.75 Å². The lowest BCUT2D eigenvalue weighted by molar-refractivity contribution is -0.127. The van der Waals surface area contributed by atoms with Gasteiger partial charge in [0.25, 0.3) is 5.91 Å². The van der Waals surface area contributed by atoms with Crippen molar-refractivity contribution in [3.63, 3.8) is 0 Å². The fraction of sp³-hybridized carbons (Fsp3) is 0.267. The summed E-state index contributed by atoms with van der Waals surface area (Å²) in [6, 6.07) is 8.79. The predicted octanol–water partition coefficient (Wildman–Crippen LogP) is 4.70. The molecular weight excluding hydrogens is 329 g/mol. The Morgan fingerprint density at radius 3 is 2.67 bits per heavy atom. The molecule has 3 nitrogen and oxygen atoms in total. The maximum atomic E-state index is 12.1. The highest BCUT2D eigenvalue weighted by Gasteiger charge is 2.19. The van der Waals surface area contributed by atoms with E-state index in [1.54, 1.807) is 36.5 Å². The summed E-state index contributed by atoms with van der Waals surface area (Å²) in [5.74, 6) is 0.245. The fourth-order valence-corrected chi connectivity index (χ4v) is 2.94. The molecule has 1 amide bonds. The minimum absolute atomic E-state index is 0.0516. The van der Waals surface area contributed by atoms with Crippen LogP contribution in [0.3, 0.4) is 0 Å². The van der Waals surface area contributed by atoms with Gasteiger partial charge in [-0.1, -0.05) is 29.3 Å². The predicted molar refractivity (Wildman–Crippen MR) is 87.4 cm³/mol. The van der Waals surface area contributed by atoms with E-state index in [9.17, 15) is 4.79 Å². The molecule has 1 aromatic heterocycles. The number of rotatable bonds is 5. The fourth-order valence-electron chi connectivity index (χ4n) is 1.75. The van der Waals surface area contributed by atoms with Crippen LogP contribution in [0.15, 0.2) is 35.7 Å². The number of ether oxygens (including phenoxy) is 1. The van der Waals surface area contributed by atoms with Crippen molar-refractivity contribution in [3.05, 3.63) is 50.6 Å². The Kier molecular flexibility index (Phi) is 5.51. The lowest BCUT2D eigenvalue weighted by Gasteiger charge is -2.18. The van der Waals surface area contributed by atoms with Gasteiger partial charge in [-0.15, -0.1) is 11.3 Å². The van der Waals surface area contributed by atoms with Crippen molar-refractivity contribution in [2.45, 2.75) is 26.0 Å². The maximum absolute atomic E-state index is 12.1. The first-order chi connectivity index (χ1) is 9.97. The smallest absolute Gasteiger partial charge is 0.261 e. The van der Waals surface area contributed by atoms with E-state index in [1.165, 1.54) is 0 Å². The number of benzene rings is 1. The van der Waals surface area contributed by atoms with Crippen LogP contribution in [0.4, 0.5) is 0 Å². The summed E-state index contributed by atoms with van der Waals surface area (Å²) < 4.78 is 5.58. The number of nitrogens with one attached hydrogen (secondary N) is 1. The van der Waals surface area contributed by atoms with Gasteiger partial charge in [0.05, 0.1) is 11.1 Å². The largest absolute Gasteiger partial charge is 0.479 e. The normalized spacial score (nSPS) is 13.5. The van der Waals surface area contributed by atoms with Crippen molar-refractivity contribution in [2.24, 2.45) is 0 Å². The van der Waals surface area contributed by atoms with Gasteiger partial charge in [-0.2, -0.15) is 0 Å². The number of halogens is 2. The third kappa shape index (κ3) is 4.37. The van der Waals surface area contributed by atoms with Crippen LogP contribution in [0.2, 0.25) is 10.0 Å². The van der Waals surface area contributed by atoms with Gasteiger partial charge in [0, 0.05) is 9.90 Å². The molecule has 0 aliphatic rings. The molecule has 0 spiro atoms. The molecule has 1 N–H and O–H groups in total. The van der Waals surface area contributed by atoms with Crippen LogP contribution in [-0.4, -0.2) is 12.0 Å². The van der Waals surface area contributed by atoms with Gasteiger partial charge in [0.15, 0.2) is 6.10 Å². The minimum atomic E-state index is -0.647. The van der Waals surface area contributed by atoms with Gasteiger partial charge in [0.1, 0.15) is 5.75 Å². The first kappa shape index (κ1) is 16.1. The Morgan fingerprint density at radius 2 is 2.05 bits per heavy atom. The van der Waals surface area contributed by atoms with Crippen molar-refractivity contribution in [1.82, 2.24) is 5.32 Å². The monoisotopic (exact) mass is 343 g/mol. The summed E-state index contributed by atoms with van der Waals surface area (Å²) in [6.07, 6.45) is -0.647. The van der Waals surface area contributed by atoms with E-state index in [-0.39, 0.29) is 11.9 Å². The van der Waals surface area contributed by atoms with Crippen LogP contribution in [0, 0.1) is 0 Å². The summed E-state index contributed by atoms with van der Waals surface area (Å²) in [5, 5.41) is 5.79. The van der Waals surface area contributed by atoms with E-state index in [0.29, 0.717) is 15.8 Å². The Morgan fingerprint density at radius 1 is 1.29 bits per heavy atom. The highest BCUT2D eigenvalue weighted by Crippen LogP contribution is 2.28. The molecule has 21 heavy (non-hydrogen) atoms. The van der Waals surface area contributed by atoms with Gasteiger partial charge < -0.3 is 10.1 Å². The van der Waals surface area contributed by atoms with Gasteiger partial charge in [0.2, 0.25) is 0 Å². The lowest BCUT2D eigenvalue weighted by atomic mass is 10.2. The van der Waals surface area contributed by atoms with Crippen molar-refractivity contribution < 1.29 is 9.53 Å². The second-order valence-electron chi connectivity index (χ2n) is 4.58. The zero-order chi connectivity index (χ0) is 15.4. The molecule has 2 rings (SSSR count). The average molecular weight is 344 g/mol. The summed E-state index contributed by atoms with van der Waals surface area (Å²) in [6.45, 7) is 3.62. The number of amides is 1. The van der Waals surface area contributed by atoms with Crippen LogP contribution in [-0.2, 0) is 4.79 Å². The molecule has 0 aliphatic carbocycles. The molecule has 6 heteroatoms. The Labute approximate surface area is 137 Å². The van der Waals surface area contributed by atoms with E-state index >= 15 is 0 Å². The first-order valence-corrected chi connectivity index (χ1v) is 8.06. The van der Waals surface area contributed by atoms with E-state index in [0.717, 1.165) is 4.88 Å². The molecule has 1 heterocycles. The van der Waals surface area contributed by atoms with E-state index in [2.05, 4.69) is 5.32 Å². The lowest BCUT2D eigenvalue weighted by Crippen LogP contribution is -2.37. The van der Waals surface area contributed by atoms with Crippen molar-refractivity contribution >= 4 is 40.4 Å². The standard InChI is InChI=1S/C15H15Cl2NO2S/c1-9(14-4-3-7-21-14)18-15(19)10(2)20-13-6-5-11(16)8-12(13)17/h3-10H,1-2H3,(H,18,19)/t9-,10+/m0/s1. The van der Waals surface area contributed by atoms with Gasteiger partial charge in [-0.3, -0.25) is 4.79 Å². The molecule has 0 saturated heterocycles. The third-order valence-corrected chi connectivity index (χ3v) is 4.48. The summed E-state index contributed by atoms with van der Waals surface area (Å²) in [5.41, 5.74) is 0. The molecule has 0 aliphatic heterocycles.